The van der Waals surface area contributed by atoms with Gasteiger partial charge in [0, 0.05) is 26.3 Å². The second kappa shape index (κ2) is 9.60. The van der Waals surface area contributed by atoms with Crippen LogP contribution in [0.2, 0.25) is 0 Å². The van der Waals surface area contributed by atoms with E-state index in [4.69, 9.17) is 14.2 Å². The molecule has 1 heterocycles. The highest BCUT2D eigenvalue weighted by molar-refractivity contribution is 5.73. The molecular weight excluding hydrogens is 392 g/mol. The molecule has 1 saturated heterocycles. The smallest absolute Gasteiger partial charge is 0.217 e. The lowest BCUT2D eigenvalue weighted by atomic mass is 10.1. The number of methoxy groups -OCH3 is 1. The zero-order valence-corrected chi connectivity index (χ0v) is 18.5. The van der Waals surface area contributed by atoms with Crippen molar-refractivity contribution in [3.05, 3.63) is 54.1 Å². The van der Waals surface area contributed by atoms with Crippen LogP contribution in [0, 0.1) is 5.92 Å². The van der Waals surface area contributed by atoms with Gasteiger partial charge >= 0.3 is 0 Å². The largest absolute Gasteiger partial charge is 0.493 e. The number of ether oxygens (including phenoxy) is 3. The molecule has 6 nitrogen and oxygen atoms in total. The minimum Gasteiger partial charge on any atom is -0.493 e. The maximum atomic E-state index is 11.3. The van der Waals surface area contributed by atoms with Crippen LogP contribution in [-0.4, -0.2) is 44.9 Å². The molecule has 1 saturated carbocycles. The SMILES string of the molecule is CO[C@H]1CN(c2ccc(OCC3CC3)cc2)CC1Oc1ccc([C@H](C)NC(C)=O)cc1. The van der Waals surface area contributed by atoms with Crippen LogP contribution in [0.15, 0.2) is 48.5 Å². The zero-order chi connectivity index (χ0) is 21.8. The first kappa shape index (κ1) is 21.5. The third kappa shape index (κ3) is 5.70. The van der Waals surface area contributed by atoms with Crippen LogP contribution >= 0.6 is 0 Å². The van der Waals surface area contributed by atoms with Gasteiger partial charge in [-0.1, -0.05) is 12.1 Å². The van der Waals surface area contributed by atoms with Crippen LogP contribution in [0.25, 0.3) is 0 Å². The summed E-state index contributed by atoms with van der Waals surface area (Å²) >= 11 is 0. The normalized spacial score (nSPS) is 21.6. The predicted octanol–water partition coefficient (Wildman–Crippen LogP) is 3.96. The lowest BCUT2D eigenvalue weighted by molar-refractivity contribution is -0.119. The van der Waals surface area contributed by atoms with E-state index >= 15 is 0 Å². The van der Waals surface area contributed by atoms with Crippen molar-refractivity contribution >= 4 is 11.6 Å². The summed E-state index contributed by atoms with van der Waals surface area (Å²) < 4.78 is 17.8. The third-order valence-corrected chi connectivity index (χ3v) is 5.99. The van der Waals surface area contributed by atoms with Gasteiger partial charge in [0.2, 0.25) is 5.91 Å². The first-order valence-electron chi connectivity index (χ1n) is 11.1. The van der Waals surface area contributed by atoms with E-state index in [9.17, 15) is 4.79 Å². The summed E-state index contributed by atoms with van der Waals surface area (Å²) in [4.78, 5) is 13.5. The molecule has 2 aromatic carbocycles. The molecule has 166 valence electrons. The molecule has 0 aromatic heterocycles. The molecule has 1 aliphatic carbocycles. The number of hydrogen-bond acceptors (Lipinski definition) is 5. The summed E-state index contributed by atoms with van der Waals surface area (Å²) in [5.74, 6) is 2.45. The summed E-state index contributed by atoms with van der Waals surface area (Å²) in [5, 5.41) is 2.90. The van der Waals surface area contributed by atoms with Crippen molar-refractivity contribution in [2.75, 3.05) is 31.7 Å². The van der Waals surface area contributed by atoms with E-state index in [2.05, 4.69) is 22.3 Å². The maximum Gasteiger partial charge on any atom is 0.217 e. The molecule has 6 heteroatoms. The molecule has 0 spiro atoms. The predicted molar refractivity (Wildman–Crippen MR) is 121 cm³/mol. The molecule has 0 radical (unpaired) electrons. The summed E-state index contributed by atoms with van der Waals surface area (Å²) in [6.07, 6.45) is 2.52. The Kier molecular flexibility index (Phi) is 6.66. The van der Waals surface area contributed by atoms with Crippen LogP contribution in [0.5, 0.6) is 11.5 Å². The standard InChI is InChI=1S/C25H32N2O4/c1-17(26-18(2)28)20-6-10-23(11-7-20)31-25-15-27(14-24(25)29-3)21-8-12-22(13-9-21)30-16-19-4-5-19/h6-13,17,19,24-25H,4-5,14-16H2,1-3H3,(H,26,28)/t17-,24-,25?/m0/s1. The van der Waals surface area contributed by atoms with E-state index in [0.717, 1.165) is 48.4 Å². The van der Waals surface area contributed by atoms with Gasteiger partial charge in [0.1, 0.15) is 23.7 Å². The van der Waals surface area contributed by atoms with Crippen LogP contribution < -0.4 is 19.7 Å². The van der Waals surface area contributed by atoms with Gasteiger partial charge in [-0.25, -0.2) is 0 Å². The van der Waals surface area contributed by atoms with Gasteiger partial charge in [-0.05, 0) is 67.6 Å². The van der Waals surface area contributed by atoms with E-state index in [0.29, 0.717) is 0 Å². The fourth-order valence-corrected chi connectivity index (χ4v) is 3.94. The van der Waals surface area contributed by atoms with E-state index in [1.54, 1.807) is 7.11 Å². The number of benzene rings is 2. The molecule has 3 atom stereocenters. The van der Waals surface area contributed by atoms with Gasteiger partial charge in [0.15, 0.2) is 0 Å². The van der Waals surface area contributed by atoms with E-state index < -0.39 is 0 Å². The van der Waals surface area contributed by atoms with Gasteiger partial charge in [0.05, 0.1) is 19.2 Å². The minimum absolute atomic E-state index is 0.0104. The van der Waals surface area contributed by atoms with E-state index in [1.165, 1.54) is 19.8 Å². The van der Waals surface area contributed by atoms with E-state index in [1.807, 2.05) is 43.3 Å². The van der Waals surface area contributed by atoms with Crippen molar-refractivity contribution in [2.45, 2.75) is 44.9 Å². The lowest BCUT2D eigenvalue weighted by Gasteiger charge is -2.20. The van der Waals surface area contributed by atoms with Crippen molar-refractivity contribution in [3.63, 3.8) is 0 Å². The summed E-state index contributed by atoms with van der Waals surface area (Å²) in [7, 11) is 1.73. The zero-order valence-electron chi connectivity index (χ0n) is 18.5. The quantitative estimate of drug-likeness (QED) is 0.660. The molecule has 2 aliphatic rings. The average Bonchev–Trinajstić information content (AvgIpc) is 3.51. The van der Waals surface area contributed by atoms with Crippen molar-refractivity contribution in [2.24, 2.45) is 5.92 Å². The Bertz CT molecular complexity index is 864. The highest BCUT2D eigenvalue weighted by atomic mass is 16.5. The van der Waals surface area contributed by atoms with Gasteiger partial charge in [0.25, 0.3) is 0 Å². The molecule has 1 unspecified atom stereocenters. The van der Waals surface area contributed by atoms with Gasteiger partial charge in [-0.2, -0.15) is 0 Å². The van der Waals surface area contributed by atoms with Crippen LogP contribution in [0.4, 0.5) is 5.69 Å². The first-order valence-corrected chi connectivity index (χ1v) is 11.1. The number of rotatable bonds is 9. The maximum absolute atomic E-state index is 11.3. The van der Waals surface area contributed by atoms with Gasteiger partial charge in [-0.3, -0.25) is 4.79 Å². The summed E-state index contributed by atoms with van der Waals surface area (Å²) in [6, 6.07) is 16.2. The van der Waals surface area contributed by atoms with Gasteiger partial charge < -0.3 is 24.4 Å². The Morgan fingerprint density at radius 3 is 2.29 bits per heavy atom. The second-order valence-electron chi connectivity index (χ2n) is 8.57. The Morgan fingerprint density at radius 1 is 1.03 bits per heavy atom. The minimum atomic E-state index is -0.0607. The second-order valence-corrected chi connectivity index (χ2v) is 8.57. The van der Waals surface area contributed by atoms with Gasteiger partial charge in [-0.15, -0.1) is 0 Å². The fraction of sp³-hybridized carbons (Fsp3) is 0.480. The number of carbonyl (C=O) groups is 1. The topological polar surface area (TPSA) is 60.0 Å². The van der Waals surface area contributed by atoms with Crippen LogP contribution in [-0.2, 0) is 9.53 Å². The van der Waals surface area contributed by atoms with E-state index in [-0.39, 0.29) is 24.2 Å². The number of nitrogens with one attached hydrogen (secondary N) is 1. The Labute approximate surface area is 184 Å². The lowest BCUT2D eigenvalue weighted by Crippen LogP contribution is -2.31. The number of carbonyl (C=O) groups excluding carboxylic acids is 1. The van der Waals surface area contributed by atoms with Crippen molar-refractivity contribution < 1.29 is 19.0 Å². The molecule has 1 N–H and O–H groups in total. The molecule has 1 aliphatic heterocycles. The average molecular weight is 425 g/mol. The number of nitrogens with zero attached hydrogens (tertiary/aromatic N) is 1. The molecule has 31 heavy (non-hydrogen) atoms. The summed E-state index contributed by atoms with van der Waals surface area (Å²) in [5.41, 5.74) is 2.19. The van der Waals surface area contributed by atoms with Crippen molar-refractivity contribution in [1.29, 1.82) is 0 Å². The van der Waals surface area contributed by atoms with Crippen LogP contribution in [0.3, 0.4) is 0 Å². The molecule has 4 rings (SSSR count). The highest BCUT2D eigenvalue weighted by Crippen LogP contribution is 2.31. The highest BCUT2D eigenvalue weighted by Gasteiger charge is 2.35. The Morgan fingerprint density at radius 2 is 1.68 bits per heavy atom. The molecular formula is C25H32N2O4. The number of anilines is 1. The van der Waals surface area contributed by atoms with Crippen molar-refractivity contribution in [1.82, 2.24) is 5.32 Å². The Balaban J connectivity index is 1.35. The third-order valence-electron chi connectivity index (χ3n) is 5.99. The van der Waals surface area contributed by atoms with Crippen molar-refractivity contribution in [3.8, 4) is 11.5 Å². The number of hydrogen-bond donors (Lipinski definition) is 1. The number of amides is 1. The molecule has 0 bridgehead atoms. The first-order chi connectivity index (χ1) is 15.0. The van der Waals surface area contributed by atoms with Crippen LogP contribution in [0.1, 0.15) is 38.3 Å². The molecule has 1 amide bonds. The summed E-state index contributed by atoms with van der Waals surface area (Å²) in [6.45, 7) is 5.85. The fourth-order valence-electron chi connectivity index (χ4n) is 3.94. The molecule has 2 fully saturated rings. The Hall–Kier alpha value is -2.73. The monoisotopic (exact) mass is 424 g/mol. The molecule has 2 aromatic rings.